The Labute approximate surface area is 138 Å². The molecule has 0 atom stereocenters. The molecule has 4 nitrogen and oxygen atoms in total. The van der Waals surface area contributed by atoms with Gasteiger partial charge in [-0.05, 0) is 29.8 Å². The summed E-state index contributed by atoms with van der Waals surface area (Å²) in [6, 6.07) is 11.6. The first-order valence-corrected chi connectivity index (χ1v) is 7.20. The Bertz CT molecular complexity index is 716. The van der Waals surface area contributed by atoms with Gasteiger partial charge in [-0.25, -0.2) is 4.79 Å². The van der Waals surface area contributed by atoms with E-state index in [0.29, 0.717) is 15.7 Å². The molecule has 0 radical (unpaired) electrons. The predicted octanol–water partition coefficient (Wildman–Crippen LogP) is 4.31. The van der Waals surface area contributed by atoms with E-state index in [1.807, 2.05) is 0 Å². The molecule has 114 valence electrons. The summed E-state index contributed by atoms with van der Waals surface area (Å²) in [6.45, 7) is 1.43. The molecular formula is C16H13Cl2NO3. The van der Waals surface area contributed by atoms with Crippen molar-refractivity contribution < 1.29 is 14.3 Å². The minimum absolute atomic E-state index is 0.0597. The van der Waals surface area contributed by atoms with Crippen molar-refractivity contribution in [1.29, 1.82) is 0 Å². The van der Waals surface area contributed by atoms with Gasteiger partial charge in [-0.1, -0.05) is 41.4 Å². The SMILES string of the molecule is CC(=O)Nc1ccccc1C(=O)OCc1ccc(Cl)c(Cl)c1. The van der Waals surface area contributed by atoms with Crippen LogP contribution >= 0.6 is 23.2 Å². The number of ether oxygens (including phenoxy) is 1. The fourth-order valence-electron chi connectivity index (χ4n) is 1.82. The molecule has 1 amide bonds. The molecule has 2 aromatic carbocycles. The summed E-state index contributed by atoms with van der Waals surface area (Å²) in [4.78, 5) is 23.3. The summed E-state index contributed by atoms with van der Waals surface area (Å²) in [7, 11) is 0. The molecule has 6 heteroatoms. The number of hydrogen-bond acceptors (Lipinski definition) is 3. The lowest BCUT2D eigenvalue weighted by Gasteiger charge is -2.10. The molecule has 1 N–H and O–H groups in total. The van der Waals surface area contributed by atoms with Crippen LogP contribution in [-0.4, -0.2) is 11.9 Å². The average Bonchev–Trinajstić information content (AvgIpc) is 2.48. The van der Waals surface area contributed by atoms with Crippen molar-refractivity contribution in [3.8, 4) is 0 Å². The van der Waals surface area contributed by atoms with Crippen LogP contribution in [0.25, 0.3) is 0 Å². The van der Waals surface area contributed by atoms with E-state index >= 15 is 0 Å². The number of anilines is 1. The fourth-order valence-corrected chi connectivity index (χ4v) is 2.14. The lowest BCUT2D eigenvalue weighted by Crippen LogP contribution is -2.12. The van der Waals surface area contributed by atoms with Crippen LogP contribution in [0.1, 0.15) is 22.8 Å². The zero-order valence-electron chi connectivity index (χ0n) is 11.7. The Morgan fingerprint density at radius 2 is 1.82 bits per heavy atom. The number of carbonyl (C=O) groups excluding carboxylic acids is 2. The van der Waals surface area contributed by atoms with Crippen LogP contribution in [0.4, 0.5) is 5.69 Å². The fraction of sp³-hybridized carbons (Fsp3) is 0.125. The number of rotatable bonds is 4. The molecule has 0 spiro atoms. The lowest BCUT2D eigenvalue weighted by atomic mass is 10.1. The minimum atomic E-state index is -0.532. The number of carbonyl (C=O) groups is 2. The molecule has 2 aromatic rings. The summed E-state index contributed by atoms with van der Waals surface area (Å²) < 4.78 is 5.24. The molecule has 0 aliphatic heterocycles. The third kappa shape index (κ3) is 4.23. The van der Waals surface area contributed by atoms with Crippen molar-refractivity contribution in [3.05, 3.63) is 63.6 Å². The summed E-state index contributed by atoms with van der Waals surface area (Å²) in [5.41, 5.74) is 1.42. The molecule has 22 heavy (non-hydrogen) atoms. The molecule has 0 aliphatic carbocycles. The molecule has 2 rings (SSSR count). The number of amides is 1. The number of hydrogen-bond donors (Lipinski definition) is 1. The van der Waals surface area contributed by atoms with Gasteiger partial charge >= 0.3 is 5.97 Å². The predicted molar refractivity (Wildman–Crippen MR) is 86.3 cm³/mol. The van der Waals surface area contributed by atoms with Crippen molar-refractivity contribution in [2.75, 3.05) is 5.32 Å². The first kappa shape index (κ1) is 16.3. The van der Waals surface area contributed by atoms with Gasteiger partial charge in [-0.15, -0.1) is 0 Å². The smallest absolute Gasteiger partial charge is 0.340 e. The van der Waals surface area contributed by atoms with Crippen molar-refractivity contribution >= 4 is 40.8 Å². The zero-order chi connectivity index (χ0) is 16.1. The van der Waals surface area contributed by atoms with E-state index in [1.165, 1.54) is 6.92 Å². The Balaban J connectivity index is 2.09. The van der Waals surface area contributed by atoms with Crippen LogP contribution < -0.4 is 5.32 Å². The molecule has 0 heterocycles. The summed E-state index contributed by atoms with van der Waals surface area (Å²) in [5.74, 6) is -0.792. The highest BCUT2D eigenvalue weighted by Crippen LogP contribution is 2.23. The summed E-state index contributed by atoms with van der Waals surface area (Å²) in [6.07, 6.45) is 0. The van der Waals surface area contributed by atoms with Gasteiger partial charge in [-0.2, -0.15) is 0 Å². The van der Waals surface area contributed by atoms with Crippen molar-refractivity contribution in [2.24, 2.45) is 0 Å². The Kier molecular flexibility index (Phi) is 5.41. The Morgan fingerprint density at radius 3 is 2.50 bits per heavy atom. The molecule has 0 saturated heterocycles. The molecular weight excluding hydrogens is 325 g/mol. The highest BCUT2D eigenvalue weighted by Gasteiger charge is 2.13. The Hall–Kier alpha value is -2.04. The Morgan fingerprint density at radius 1 is 1.09 bits per heavy atom. The normalized spacial score (nSPS) is 10.1. The van der Waals surface area contributed by atoms with Crippen LogP contribution in [0, 0.1) is 0 Å². The molecule has 0 saturated carbocycles. The van der Waals surface area contributed by atoms with Crippen LogP contribution in [0.3, 0.4) is 0 Å². The molecule has 0 aliphatic rings. The van der Waals surface area contributed by atoms with Gasteiger partial charge in [0.05, 0.1) is 21.3 Å². The maximum absolute atomic E-state index is 12.1. The lowest BCUT2D eigenvalue weighted by molar-refractivity contribution is -0.114. The summed E-state index contributed by atoms with van der Waals surface area (Å²) in [5, 5.41) is 3.43. The van der Waals surface area contributed by atoms with Crippen molar-refractivity contribution in [3.63, 3.8) is 0 Å². The number of nitrogens with one attached hydrogen (secondary N) is 1. The van der Waals surface area contributed by atoms with Gasteiger partial charge in [0.1, 0.15) is 6.61 Å². The second-order valence-electron chi connectivity index (χ2n) is 4.55. The number of esters is 1. The zero-order valence-corrected chi connectivity index (χ0v) is 13.2. The average molecular weight is 338 g/mol. The van der Waals surface area contributed by atoms with Gasteiger partial charge in [0, 0.05) is 6.92 Å². The monoisotopic (exact) mass is 337 g/mol. The van der Waals surface area contributed by atoms with Crippen LogP contribution in [0.2, 0.25) is 10.0 Å². The molecule has 0 fully saturated rings. The second kappa shape index (κ2) is 7.29. The van der Waals surface area contributed by atoms with E-state index in [0.717, 1.165) is 5.56 Å². The molecule has 0 unspecified atom stereocenters. The van der Waals surface area contributed by atoms with Crippen molar-refractivity contribution in [1.82, 2.24) is 0 Å². The highest BCUT2D eigenvalue weighted by molar-refractivity contribution is 6.42. The topological polar surface area (TPSA) is 55.4 Å². The molecule has 0 aromatic heterocycles. The maximum Gasteiger partial charge on any atom is 0.340 e. The molecule has 0 bridgehead atoms. The maximum atomic E-state index is 12.1. The van der Waals surface area contributed by atoms with Crippen LogP contribution in [-0.2, 0) is 16.1 Å². The van der Waals surface area contributed by atoms with Gasteiger partial charge < -0.3 is 10.1 Å². The number of halogens is 2. The van der Waals surface area contributed by atoms with Gasteiger partial charge in [0.15, 0.2) is 0 Å². The quantitative estimate of drug-likeness (QED) is 0.845. The highest BCUT2D eigenvalue weighted by atomic mass is 35.5. The van der Waals surface area contributed by atoms with Gasteiger partial charge in [0.2, 0.25) is 5.91 Å². The first-order chi connectivity index (χ1) is 10.5. The van der Waals surface area contributed by atoms with E-state index in [2.05, 4.69) is 5.32 Å². The number of benzene rings is 2. The first-order valence-electron chi connectivity index (χ1n) is 6.45. The van der Waals surface area contributed by atoms with Gasteiger partial charge in [0.25, 0.3) is 0 Å². The van der Waals surface area contributed by atoms with Crippen LogP contribution in [0.15, 0.2) is 42.5 Å². The van der Waals surface area contributed by atoms with Crippen LogP contribution in [0.5, 0.6) is 0 Å². The number of para-hydroxylation sites is 1. The van der Waals surface area contributed by atoms with Crippen molar-refractivity contribution in [2.45, 2.75) is 13.5 Å². The summed E-state index contributed by atoms with van der Waals surface area (Å²) >= 11 is 11.7. The largest absolute Gasteiger partial charge is 0.457 e. The van der Waals surface area contributed by atoms with E-state index in [1.54, 1.807) is 42.5 Å². The standard InChI is InChI=1S/C16H13Cl2NO3/c1-10(20)19-15-5-3-2-4-12(15)16(21)22-9-11-6-7-13(17)14(18)8-11/h2-8H,9H2,1H3,(H,19,20). The van der Waals surface area contributed by atoms with Gasteiger partial charge in [-0.3, -0.25) is 4.79 Å². The third-order valence-electron chi connectivity index (χ3n) is 2.81. The van der Waals surface area contributed by atoms with E-state index in [9.17, 15) is 9.59 Å². The van der Waals surface area contributed by atoms with E-state index in [4.69, 9.17) is 27.9 Å². The second-order valence-corrected chi connectivity index (χ2v) is 5.37. The third-order valence-corrected chi connectivity index (χ3v) is 3.55. The van der Waals surface area contributed by atoms with E-state index in [-0.39, 0.29) is 18.1 Å². The van der Waals surface area contributed by atoms with E-state index < -0.39 is 5.97 Å². The minimum Gasteiger partial charge on any atom is -0.457 e.